The maximum atomic E-state index is 12.5. The normalized spacial score (nSPS) is 15.0. The zero-order valence-corrected chi connectivity index (χ0v) is 17.1. The number of carbonyl (C=O) groups is 1. The van der Waals surface area contributed by atoms with Gasteiger partial charge in [-0.2, -0.15) is 0 Å². The Hall–Kier alpha value is -0.880. The van der Waals surface area contributed by atoms with Crippen molar-refractivity contribution in [3.05, 3.63) is 22.7 Å². The predicted octanol–water partition coefficient (Wildman–Crippen LogP) is 3.77. The van der Waals surface area contributed by atoms with E-state index in [1.807, 2.05) is 0 Å². The summed E-state index contributed by atoms with van der Waals surface area (Å²) in [6, 6.07) is 3.35. The summed E-state index contributed by atoms with van der Waals surface area (Å²) < 4.78 is 5.25. The van der Waals surface area contributed by atoms with Gasteiger partial charge in [-0.25, -0.2) is 0 Å². The molecule has 0 spiro atoms. The van der Waals surface area contributed by atoms with Crippen LogP contribution in [0.3, 0.4) is 0 Å². The number of anilines is 1. The van der Waals surface area contributed by atoms with E-state index in [9.17, 15) is 4.79 Å². The van der Waals surface area contributed by atoms with E-state index in [1.165, 1.54) is 20.0 Å². The molecule has 0 saturated carbocycles. The van der Waals surface area contributed by atoms with Gasteiger partial charge in [0.2, 0.25) is 0 Å². The number of rotatable bonds is 6. The number of nitrogens with zero attached hydrogens (tertiary/aromatic N) is 1. The molecule has 144 valence electrons. The summed E-state index contributed by atoms with van der Waals surface area (Å²) in [5, 5.41) is 3.45. The first kappa shape index (κ1) is 24.1. The number of nitrogens with two attached hydrogens (primary N) is 1. The van der Waals surface area contributed by atoms with Crippen LogP contribution in [0.4, 0.5) is 5.69 Å². The number of carbonyl (C=O) groups excluding carboxylic acids is 1. The second-order valence-electron chi connectivity index (χ2n) is 6.02. The number of ether oxygens (including phenoxy) is 1. The number of halogens is 3. The molecule has 1 aromatic carbocycles. The van der Waals surface area contributed by atoms with Gasteiger partial charge < -0.3 is 20.7 Å². The van der Waals surface area contributed by atoms with Crippen molar-refractivity contribution >= 4 is 48.0 Å². The molecule has 1 fully saturated rings. The molecule has 2 rings (SSSR count). The standard InChI is InChI=1S/C17H26ClN3O2.2ClH/c1-3-4-7-21-8-5-12(6-9-21)20-17(22)13-10-14(18)15(19)11-16(13)23-2;;/h10-12H,3-9,19H2,1-2H3,(H,20,22);2*1H. The number of benzene rings is 1. The van der Waals surface area contributed by atoms with Crippen LogP contribution in [0, 0.1) is 0 Å². The summed E-state index contributed by atoms with van der Waals surface area (Å²) in [5.41, 5.74) is 6.59. The molecule has 5 nitrogen and oxygen atoms in total. The Morgan fingerprint density at radius 3 is 2.56 bits per heavy atom. The number of hydrogen-bond donors (Lipinski definition) is 2. The van der Waals surface area contributed by atoms with Crippen LogP contribution in [0.15, 0.2) is 12.1 Å². The van der Waals surface area contributed by atoms with Crippen LogP contribution in [0.5, 0.6) is 5.75 Å². The van der Waals surface area contributed by atoms with E-state index in [4.69, 9.17) is 22.1 Å². The van der Waals surface area contributed by atoms with Crippen LogP contribution in [-0.2, 0) is 0 Å². The smallest absolute Gasteiger partial charge is 0.255 e. The predicted molar refractivity (Wildman–Crippen MR) is 109 cm³/mol. The van der Waals surface area contributed by atoms with Crippen molar-refractivity contribution in [3.63, 3.8) is 0 Å². The molecule has 1 saturated heterocycles. The van der Waals surface area contributed by atoms with E-state index < -0.39 is 0 Å². The fraction of sp³-hybridized carbons (Fsp3) is 0.588. The number of likely N-dealkylation sites (tertiary alicyclic amines) is 1. The zero-order valence-electron chi connectivity index (χ0n) is 14.7. The van der Waals surface area contributed by atoms with Crippen molar-refractivity contribution in [2.24, 2.45) is 0 Å². The van der Waals surface area contributed by atoms with Gasteiger partial charge in [0.15, 0.2) is 0 Å². The number of amides is 1. The molecule has 0 atom stereocenters. The fourth-order valence-corrected chi connectivity index (χ4v) is 3.02. The molecule has 1 aromatic rings. The lowest BCUT2D eigenvalue weighted by Crippen LogP contribution is -2.44. The molecule has 8 heteroatoms. The molecule has 0 radical (unpaired) electrons. The largest absolute Gasteiger partial charge is 0.496 e. The lowest BCUT2D eigenvalue weighted by molar-refractivity contribution is 0.0908. The van der Waals surface area contributed by atoms with Gasteiger partial charge in [0.1, 0.15) is 5.75 Å². The highest BCUT2D eigenvalue weighted by Crippen LogP contribution is 2.29. The van der Waals surface area contributed by atoms with E-state index >= 15 is 0 Å². The minimum absolute atomic E-state index is 0. The third-order valence-corrected chi connectivity index (χ3v) is 4.64. The van der Waals surface area contributed by atoms with Crippen LogP contribution in [0.2, 0.25) is 5.02 Å². The summed E-state index contributed by atoms with van der Waals surface area (Å²) in [7, 11) is 1.52. The van der Waals surface area contributed by atoms with Gasteiger partial charge in [0, 0.05) is 25.2 Å². The molecule has 0 aliphatic carbocycles. The monoisotopic (exact) mass is 411 g/mol. The van der Waals surface area contributed by atoms with Crippen LogP contribution in [0.1, 0.15) is 43.0 Å². The van der Waals surface area contributed by atoms with Gasteiger partial charge in [0.05, 0.1) is 23.4 Å². The number of nitrogen functional groups attached to an aromatic ring is 1. The maximum Gasteiger partial charge on any atom is 0.255 e. The van der Waals surface area contributed by atoms with Gasteiger partial charge in [-0.3, -0.25) is 4.79 Å². The van der Waals surface area contributed by atoms with Crippen molar-refractivity contribution < 1.29 is 9.53 Å². The molecule has 1 aliphatic heterocycles. The first-order valence-corrected chi connectivity index (χ1v) is 8.59. The van der Waals surface area contributed by atoms with Crippen molar-refractivity contribution in [2.45, 2.75) is 38.6 Å². The van der Waals surface area contributed by atoms with Gasteiger partial charge in [-0.05, 0) is 31.9 Å². The van der Waals surface area contributed by atoms with E-state index in [0.29, 0.717) is 22.0 Å². The third-order valence-electron chi connectivity index (χ3n) is 4.31. The first-order valence-electron chi connectivity index (χ1n) is 8.21. The fourth-order valence-electron chi connectivity index (χ4n) is 2.86. The second kappa shape index (κ2) is 11.7. The highest BCUT2D eigenvalue weighted by Gasteiger charge is 2.22. The number of piperidine rings is 1. The quantitative estimate of drug-likeness (QED) is 0.698. The minimum atomic E-state index is -0.157. The summed E-state index contributed by atoms with van der Waals surface area (Å²) in [6.45, 7) is 5.42. The Kier molecular flexibility index (Phi) is 11.3. The Bertz CT molecular complexity index is 550. The molecular formula is C17H28Cl3N3O2. The lowest BCUT2D eigenvalue weighted by Gasteiger charge is -2.32. The highest BCUT2D eigenvalue weighted by atomic mass is 35.5. The van der Waals surface area contributed by atoms with Crippen molar-refractivity contribution in [1.82, 2.24) is 10.2 Å². The second-order valence-corrected chi connectivity index (χ2v) is 6.42. The highest BCUT2D eigenvalue weighted by molar-refractivity contribution is 6.33. The number of hydrogen-bond acceptors (Lipinski definition) is 4. The lowest BCUT2D eigenvalue weighted by atomic mass is 10.0. The SMILES string of the molecule is CCCCN1CCC(NC(=O)c2cc(Cl)c(N)cc2OC)CC1.Cl.Cl. The van der Waals surface area contributed by atoms with Gasteiger partial charge >= 0.3 is 0 Å². The Labute approximate surface area is 167 Å². The molecular weight excluding hydrogens is 385 g/mol. The Balaban J connectivity index is 0.00000288. The summed E-state index contributed by atoms with van der Waals surface area (Å²) in [4.78, 5) is 15.0. The van der Waals surface area contributed by atoms with Crippen LogP contribution in [-0.4, -0.2) is 43.6 Å². The topological polar surface area (TPSA) is 67.6 Å². The molecule has 0 bridgehead atoms. The summed E-state index contributed by atoms with van der Waals surface area (Å²) >= 11 is 6.03. The number of nitrogens with one attached hydrogen (secondary N) is 1. The van der Waals surface area contributed by atoms with Crippen molar-refractivity contribution in [1.29, 1.82) is 0 Å². The van der Waals surface area contributed by atoms with E-state index in [2.05, 4.69) is 17.1 Å². The number of methoxy groups -OCH3 is 1. The van der Waals surface area contributed by atoms with Crippen molar-refractivity contribution in [3.8, 4) is 5.75 Å². The summed E-state index contributed by atoms with van der Waals surface area (Å²) in [6.07, 6.45) is 4.40. The van der Waals surface area contributed by atoms with Crippen LogP contribution < -0.4 is 15.8 Å². The third kappa shape index (κ3) is 6.74. The summed E-state index contributed by atoms with van der Waals surface area (Å²) in [5.74, 6) is 0.292. The van der Waals surface area contributed by atoms with Crippen LogP contribution in [0.25, 0.3) is 0 Å². The van der Waals surface area contributed by atoms with E-state index in [0.717, 1.165) is 32.5 Å². The minimum Gasteiger partial charge on any atom is -0.496 e. The Morgan fingerprint density at radius 1 is 1.36 bits per heavy atom. The molecule has 25 heavy (non-hydrogen) atoms. The average molecular weight is 413 g/mol. The molecule has 0 unspecified atom stereocenters. The molecule has 0 aromatic heterocycles. The van der Waals surface area contributed by atoms with Crippen LogP contribution >= 0.6 is 36.4 Å². The molecule has 1 heterocycles. The van der Waals surface area contributed by atoms with Gasteiger partial charge in [-0.1, -0.05) is 24.9 Å². The maximum absolute atomic E-state index is 12.5. The van der Waals surface area contributed by atoms with Crippen molar-refractivity contribution in [2.75, 3.05) is 32.5 Å². The zero-order chi connectivity index (χ0) is 16.8. The molecule has 1 amide bonds. The molecule has 1 aliphatic rings. The molecule has 3 N–H and O–H groups in total. The average Bonchev–Trinajstić information content (AvgIpc) is 2.56. The van der Waals surface area contributed by atoms with E-state index in [-0.39, 0.29) is 36.8 Å². The Morgan fingerprint density at radius 2 is 2.00 bits per heavy atom. The number of unbranched alkanes of at least 4 members (excludes halogenated alkanes) is 1. The van der Waals surface area contributed by atoms with E-state index in [1.54, 1.807) is 12.1 Å². The van der Waals surface area contributed by atoms with Gasteiger partial charge in [0.25, 0.3) is 5.91 Å². The van der Waals surface area contributed by atoms with Gasteiger partial charge in [-0.15, -0.1) is 24.8 Å². The first-order chi connectivity index (χ1) is 11.0.